The van der Waals surface area contributed by atoms with Gasteiger partial charge in [0.15, 0.2) is 0 Å². The zero-order valence-electron chi connectivity index (χ0n) is 13.2. The Bertz CT molecular complexity index is 1020. The summed E-state index contributed by atoms with van der Waals surface area (Å²) in [5.74, 6) is 0.00354. The molecule has 0 aliphatic heterocycles. The molecule has 0 unspecified atom stereocenters. The number of imidazole rings is 1. The van der Waals surface area contributed by atoms with Gasteiger partial charge in [0, 0.05) is 10.7 Å². The number of amides is 1. The summed E-state index contributed by atoms with van der Waals surface area (Å²) in [5, 5.41) is 12.1. The SMILES string of the molecule is COc1ccccc1NC(=O)/C(C#N)=C\c1cnc2ccc(Br)cn12. The number of ether oxygens (including phenoxy) is 1. The topological polar surface area (TPSA) is 79.4 Å². The molecule has 3 rings (SSSR count). The van der Waals surface area contributed by atoms with Gasteiger partial charge >= 0.3 is 0 Å². The van der Waals surface area contributed by atoms with Crippen molar-refractivity contribution in [1.82, 2.24) is 9.38 Å². The molecule has 0 bridgehead atoms. The molecule has 0 fully saturated rings. The lowest BCUT2D eigenvalue weighted by molar-refractivity contribution is -0.112. The van der Waals surface area contributed by atoms with E-state index in [9.17, 15) is 10.1 Å². The van der Waals surface area contributed by atoms with Crippen molar-refractivity contribution in [3.8, 4) is 11.8 Å². The van der Waals surface area contributed by atoms with E-state index in [0.29, 0.717) is 17.1 Å². The summed E-state index contributed by atoms with van der Waals surface area (Å²) >= 11 is 3.40. The minimum Gasteiger partial charge on any atom is -0.495 e. The van der Waals surface area contributed by atoms with Crippen LogP contribution in [0.2, 0.25) is 0 Å². The number of nitrogens with zero attached hydrogens (tertiary/aromatic N) is 3. The average Bonchev–Trinajstić information content (AvgIpc) is 3.02. The largest absolute Gasteiger partial charge is 0.495 e. The van der Waals surface area contributed by atoms with Gasteiger partial charge < -0.3 is 10.1 Å². The number of aromatic nitrogens is 2. The van der Waals surface area contributed by atoms with Gasteiger partial charge in [-0.2, -0.15) is 5.26 Å². The summed E-state index contributed by atoms with van der Waals surface area (Å²) in [6.07, 6.45) is 4.92. The first-order valence-electron chi connectivity index (χ1n) is 7.31. The van der Waals surface area contributed by atoms with Crippen LogP contribution in [0.5, 0.6) is 5.75 Å². The van der Waals surface area contributed by atoms with Gasteiger partial charge in [0.2, 0.25) is 0 Å². The first-order valence-corrected chi connectivity index (χ1v) is 8.10. The number of nitriles is 1. The van der Waals surface area contributed by atoms with E-state index in [2.05, 4.69) is 26.2 Å². The Kier molecular flexibility index (Phi) is 4.82. The zero-order valence-corrected chi connectivity index (χ0v) is 14.8. The fraction of sp³-hybridized carbons (Fsp3) is 0.0556. The molecule has 2 aromatic heterocycles. The molecule has 6 nitrogen and oxygen atoms in total. The van der Waals surface area contributed by atoms with Crippen molar-refractivity contribution in [3.63, 3.8) is 0 Å². The molecule has 25 heavy (non-hydrogen) atoms. The van der Waals surface area contributed by atoms with Crippen LogP contribution in [0.3, 0.4) is 0 Å². The number of benzene rings is 1. The molecule has 1 aromatic carbocycles. The summed E-state index contributed by atoms with van der Waals surface area (Å²) in [5.41, 5.74) is 1.81. The highest BCUT2D eigenvalue weighted by molar-refractivity contribution is 9.10. The monoisotopic (exact) mass is 396 g/mol. The quantitative estimate of drug-likeness (QED) is 0.539. The van der Waals surface area contributed by atoms with Crippen LogP contribution in [0, 0.1) is 11.3 Å². The molecule has 0 aliphatic rings. The Hall–Kier alpha value is -3.11. The van der Waals surface area contributed by atoms with E-state index in [1.54, 1.807) is 34.9 Å². The van der Waals surface area contributed by atoms with Gasteiger partial charge in [-0.3, -0.25) is 9.20 Å². The van der Waals surface area contributed by atoms with Crippen molar-refractivity contribution in [2.45, 2.75) is 0 Å². The van der Waals surface area contributed by atoms with E-state index >= 15 is 0 Å². The van der Waals surface area contributed by atoms with E-state index in [4.69, 9.17) is 4.74 Å². The number of hydrogen-bond acceptors (Lipinski definition) is 4. The average molecular weight is 397 g/mol. The smallest absolute Gasteiger partial charge is 0.266 e. The van der Waals surface area contributed by atoms with Crippen LogP contribution < -0.4 is 10.1 Å². The highest BCUT2D eigenvalue weighted by Crippen LogP contribution is 2.24. The van der Waals surface area contributed by atoms with Gasteiger partial charge in [0.05, 0.1) is 24.7 Å². The van der Waals surface area contributed by atoms with E-state index < -0.39 is 5.91 Å². The molecule has 0 aliphatic carbocycles. The van der Waals surface area contributed by atoms with Crippen LogP contribution in [0.25, 0.3) is 11.7 Å². The Labute approximate surface area is 152 Å². The predicted octanol–water partition coefficient (Wildman–Crippen LogP) is 3.65. The molecule has 0 atom stereocenters. The molecule has 0 saturated heterocycles. The third-order valence-corrected chi connectivity index (χ3v) is 3.98. The lowest BCUT2D eigenvalue weighted by Gasteiger charge is -2.09. The van der Waals surface area contributed by atoms with Gasteiger partial charge in [-0.15, -0.1) is 0 Å². The summed E-state index contributed by atoms with van der Waals surface area (Å²) in [7, 11) is 1.52. The number of carbonyl (C=O) groups excluding carboxylic acids is 1. The first-order chi connectivity index (χ1) is 12.1. The molecular weight excluding hydrogens is 384 g/mol. The number of rotatable bonds is 4. The minimum absolute atomic E-state index is 0.0346. The summed E-state index contributed by atoms with van der Waals surface area (Å²) in [6, 6.07) is 12.6. The molecular formula is C18H13BrN4O2. The lowest BCUT2D eigenvalue weighted by atomic mass is 10.2. The molecule has 2 heterocycles. The van der Waals surface area contributed by atoms with Crippen LogP contribution in [-0.2, 0) is 4.79 Å². The summed E-state index contributed by atoms with van der Waals surface area (Å²) < 4.78 is 7.85. The molecule has 1 N–H and O–H groups in total. The summed E-state index contributed by atoms with van der Waals surface area (Å²) in [4.78, 5) is 16.7. The Morgan fingerprint density at radius 3 is 2.92 bits per heavy atom. The maximum Gasteiger partial charge on any atom is 0.266 e. The molecule has 3 aromatic rings. The molecule has 0 saturated carbocycles. The molecule has 1 amide bonds. The number of carbonyl (C=O) groups is 1. The van der Waals surface area contributed by atoms with E-state index in [0.717, 1.165) is 10.1 Å². The number of anilines is 1. The summed E-state index contributed by atoms with van der Waals surface area (Å²) in [6.45, 7) is 0. The van der Waals surface area contributed by atoms with Gasteiger partial charge in [-0.1, -0.05) is 12.1 Å². The minimum atomic E-state index is -0.517. The second kappa shape index (κ2) is 7.20. The number of fused-ring (bicyclic) bond motifs is 1. The predicted molar refractivity (Wildman–Crippen MR) is 98.1 cm³/mol. The maximum absolute atomic E-state index is 12.4. The van der Waals surface area contributed by atoms with E-state index in [1.165, 1.54) is 13.2 Å². The van der Waals surface area contributed by atoms with E-state index in [-0.39, 0.29) is 5.57 Å². The highest BCUT2D eigenvalue weighted by Gasteiger charge is 2.13. The van der Waals surface area contributed by atoms with Crippen LogP contribution in [0.1, 0.15) is 5.69 Å². The lowest BCUT2D eigenvalue weighted by Crippen LogP contribution is -2.14. The second-order valence-electron chi connectivity index (χ2n) is 5.08. The van der Waals surface area contributed by atoms with Crippen molar-refractivity contribution in [3.05, 3.63) is 64.5 Å². The van der Waals surface area contributed by atoms with Crippen molar-refractivity contribution >= 4 is 39.2 Å². The number of para-hydroxylation sites is 2. The second-order valence-corrected chi connectivity index (χ2v) is 6.00. The fourth-order valence-corrected chi connectivity index (χ4v) is 2.65. The van der Waals surface area contributed by atoms with Gasteiger partial charge in [-0.25, -0.2) is 4.98 Å². The van der Waals surface area contributed by atoms with Crippen LogP contribution in [0.4, 0.5) is 5.69 Å². The zero-order chi connectivity index (χ0) is 17.8. The molecule has 0 spiro atoms. The van der Waals surface area contributed by atoms with E-state index in [1.807, 2.05) is 24.4 Å². The van der Waals surface area contributed by atoms with Gasteiger partial charge in [0.1, 0.15) is 23.0 Å². The normalized spacial score (nSPS) is 11.2. The molecule has 124 valence electrons. The van der Waals surface area contributed by atoms with Crippen molar-refractivity contribution < 1.29 is 9.53 Å². The third kappa shape index (κ3) is 3.54. The van der Waals surface area contributed by atoms with Crippen molar-refractivity contribution in [2.24, 2.45) is 0 Å². The fourth-order valence-electron chi connectivity index (χ4n) is 2.31. The number of nitrogens with one attached hydrogen (secondary N) is 1. The van der Waals surface area contributed by atoms with Crippen LogP contribution >= 0.6 is 15.9 Å². The number of halogens is 1. The molecule has 0 radical (unpaired) electrons. The Balaban J connectivity index is 1.93. The van der Waals surface area contributed by atoms with Crippen molar-refractivity contribution in [2.75, 3.05) is 12.4 Å². The number of hydrogen-bond donors (Lipinski definition) is 1. The Morgan fingerprint density at radius 1 is 1.36 bits per heavy atom. The molecule has 7 heteroatoms. The van der Waals surface area contributed by atoms with Gasteiger partial charge in [0.25, 0.3) is 5.91 Å². The first kappa shape index (κ1) is 16.7. The van der Waals surface area contributed by atoms with Crippen molar-refractivity contribution in [1.29, 1.82) is 5.26 Å². The maximum atomic E-state index is 12.4. The Morgan fingerprint density at radius 2 is 2.16 bits per heavy atom. The number of methoxy groups -OCH3 is 1. The van der Waals surface area contributed by atoms with Crippen LogP contribution in [-0.4, -0.2) is 22.4 Å². The number of pyridine rings is 1. The standard InChI is InChI=1S/C18H13BrN4O2/c1-25-16-5-3-2-4-15(16)22-18(24)12(9-20)8-14-10-21-17-7-6-13(19)11-23(14)17/h2-8,10-11H,1H3,(H,22,24)/b12-8-. The van der Waals surface area contributed by atoms with Gasteiger partial charge in [-0.05, 0) is 46.3 Å². The third-order valence-electron chi connectivity index (χ3n) is 3.51. The highest BCUT2D eigenvalue weighted by atomic mass is 79.9. The van der Waals surface area contributed by atoms with Crippen LogP contribution in [0.15, 0.2) is 58.8 Å².